The molecule has 1 atom stereocenters. The maximum Gasteiger partial charge on any atom is 0.244 e. The van der Waals surface area contributed by atoms with E-state index < -0.39 is 34.1 Å². The van der Waals surface area contributed by atoms with Crippen LogP contribution >= 0.6 is 45.8 Å². The van der Waals surface area contributed by atoms with Crippen molar-refractivity contribution in [3.63, 3.8) is 0 Å². The molecule has 2 aromatic rings. The van der Waals surface area contributed by atoms with Gasteiger partial charge in [-0.05, 0) is 86.2 Å². The van der Waals surface area contributed by atoms with Gasteiger partial charge in [0, 0.05) is 31.3 Å². The summed E-state index contributed by atoms with van der Waals surface area (Å²) in [6.07, 6.45) is 1.34. The maximum atomic E-state index is 13.7. The van der Waals surface area contributed by atoms with Gasteiger partial charge in [-0.15, -0.1) is 0 Å². The topological polar surface area (TPSA) is 86.8 Å². The molecule has 0 aliphatic rings. The molecule has 1 N–H and O–H groups in total. The third-order valence-corrected chi connectivity index (χ3v) is 7.64. The van der Waals surface area contributed by atoms with Crippen molar-refractivity contribution < 1.29 is 18.0 Å². The van der Waals surface area contributed by atoms with E-state index in [-0.39, 0.29) is 12.5 Å². The number of nitrogens with one attached hydrogen (secondary N) is 1. The van der Waals surface area contributed by atoms with E-state index in [2.05, 4.69) is 27.9 Å². The average molecular weight is 654 g/mol. The molecule has 0 aromatic heterocycles. The summed E-state index contributed by atoms with van der Waals surface area (Å²) in [5.41, 5.74) is 0.303. The Balaban J connectivity index is 2.51. The lowest BCUT2D eigenvalue weighted by Crippen LogP contribution is -2.55. The molecule has 7 nitrogen and oxygen atoms in total. The van der Waals surface area contributed by atoms with Crippen LogP contribution in [0.3, 0.4) is 0 Å². The minimum absolute atomic E-state index is 0.0578. The summed E-state index contributed by atoms with van der Waals surface area (Å²) in [4.78, 5) is 28.2. The van der Waals surface area contributed by atoms with Crippen LogP contribution in [-0.2, 0) is 26.2 Å². The second-order valence-electron chi connectivity index (χ2n) is 9.13. The van der Waals surface area contributed by atoms with Crippen molar-refractivity contribution in [2.75, 3.05) is 17.1 Å². The number of amides is 2. The molecule has 2 aromatic carbocycles. The fourth-order valence-corrected chi connectivity index (χ4v) is 5.17. The zero-order valence-electron chi connectivity index (χ0n) is 20.3. The van der Waals surface area contributed by atoms with Crippen LogP contribution in [0.1, 0.15) is 39.7 Å². The van der Waals surface area contributed by atoms with Crippen LogP contribution in [0, 0.1) is 3.57 Å². The van der Waals surface area contributed by atoms with Crippen molar-refractivity contribution in [1.82, 2.24) is 10.2 Å². The fraction of sp³-hybridized carbons (Fsp3) is 0.417. The Morgan fingerprint density at radius 2 is 1.60 bits per heavy atom. The van der Waals surface area contributed by atoms with Crippen LogP contribution < -0.4 is 9.62 Å². The summed E-state index contributed by atoms with van der Waals surface area (Å²) in [6, 6.07) is 10.9. The second kappa shape index (κ2) is 12.1. The maximum absolute atomic E-state index is 13.7. The molecule has 0 heterocycles. The summed E-state index contributed by atoms with van der Waals surface area (Å²) >= 11 is 14.9. The summed E-state index contributed by atoms with van der Waals surface area (Å²) in [5, 5.41) is 3.60. The second-order valence-corrected chi connectivity index (χ2v) is 13.1. The summed E-state index contributed by atoms with van der Waals surface area (Å²) in [6.45, 7) is 6.78. The molecule has 0 bridgehead atoms. The highest BCUT2D eigenvalue weighted by Crippen LogP contribution is 2.28. The predicted molar refractivity (Wildman–Crippen MR) is 150 cm³/mol. The van der Waals surface area contributed by atoms with Gasteiger partial charge in [0.25, 0.3) is 0 Å². The lowest BCUT2D eigenvalue weighted by Gasteiger charge is -2.34. The first-order chi connectivity index (χ1) is 16.1. The molecule has 11 heteroatoms. The number of benzene rings is 2. The number of sulfonamides is 1. The highest BCUT2D eigenvalue weighted by atomic mass is 127. The minimum atomic E-state index is -3.80. The number of hydrogen-bond acceptors (Lipinski definition) is 4. The van der Waals surface area contributed by atoms with Crippen LogP contribution in [0.15, 0.2) is 42.5 Å². The highest BCUT2D eigenvalue weighted by molar-refractivity contribution is 14.1. The quantitative estimate of drug-likeness (QED) is 0.382. The minimum Gasteiger partial charge on any atom is -0.350 e. The monoisotopic (exact) mass is 653 g/mol. The Morgan fingerprint density at radius 3 is 2.06 bits per heavy atom. The van der Waals surface area contributed by atoms with E-state index in [0.717, 1.165) is 14.1 Å². The van der Waals surface area contributed by atoms with Gasteiger partial charge in [0.2, 0.25) is 21.8 Å². The van der Waals surface area contributed by atoms with Crippen LogP contribution in [0.25, 0.3) is 0 Å². The van der Waals surface area contributed by atoms with Gasteiger partial charge in [-0.3, -0.25) is 13.9 Å². The molecule has 0 spiro atoms. The summed E-state index contributed by atoms with van der Waals surface area (Å²) in [7, 11) is -3.80. The first-order valence-corrected chi connectivity index (χ1v) is 14.6. The lowest BCUT2D eigenvalue weighted by atomic mass is 10.1. The fourth-order valence-electron chi connectivity index (χ4n) is 3.45. The van der Waals surface area contributed by atoms with E-state index in [1.807, 2.05) is 20.8 Å². The Bertz CT molecular complexity index is 1150. The van der Waals surface area contributed by atoms with Crippen LogP contribution in [0.4, 0.5) is 5.69 Å². The molecule has 35 heavy (non-hydrogen) atoms. The Kier molecular flexibility index (Phi) is 10.3. The first-order valence-electron chi connectivity index (χ1n) is 10.9. The van der Waals surface area contributed by atoms with E-state index in [4.69, 9.17) is 23.2 Å². The standard InChI is InChI=1S/C24H30Cl2IN3O4S/c1-6-21(23(32)28-24(2,3)4)29(14-18-19(25)8-7-9-20(18)26)22(31)15-30(35(5,33)34)17-12-10-16(27)11-13-17/h7-13,21H,6,14-15H2,1-5H3,(H,28,32)/t21-/m1/s1. The number of carbonyl (C=O) groups excluding carboxylic acids is 2. The van der Waals surface area contributed by atoms with Crippen molar-refractivity contribution in [3.05, 3.63) is 61.6 Å². The van der Waals surface area contributed by atoms with Gasteiger partial charge in [-0.2, -0.15) is 0 Å². The summed E-state index contributed by atoms with van der Waals surface area (Å²) < 4.78 is 27.2. The van der Waals surface area contributed by atoms with Crippen LogP contribution in [0.5, 0.6) is 0 Å². The third-order valence-electron chi connectivity index (χ3n) is 5.07. The molecule has 0 radical (unpaired) electrons. The third kappa shape index (κ3) is 8.51. The van der Waals surface area contributed by atoms with E-state index >= 15 is 0 Å². The average Bonchev–Trinajstić information content (AvgIpc) is 2.72. The predicted octanol–water partition coefficient (Wildman–Crippen LogP) is 5.09. The van der Waals surface area contributed by atoms with Gasteiger partial charge in [0.1, 0.15) is 12.6 Å². The molecule has 192 valence electrons. The number of rotatable bonds is 9. The number of nitrogens with zero attached hydrogens (tertiary/aromatic N) is 2. The molecule has 0 unspecified atom stereocenters. The largest absolute Gasteiger partial charge is 0.350 e. The van der Waals surface area contributed by atoms with Crippen LogP contribution in [-0.4, -0.2) is 49.5 Å². The number of anilines is 1. The van der Waals surface area contributed by atoms with Gasteiger partial charge in [0.05, 0.1) is 11.9 Å². The zero-order valence-corrected chi connectivity index (χ0v) is 24.8. The molecule has 0 aliphatic carbocycles. The van der Waals surface area contributed by atoms with Crippen molar-refractivity contribution in [1.29, 1.82) is 0 Å². The lowest BCUT2D eigenvalue weighted by molar-refractivity contribution is -0.141. The smallest absolute Gasteiger partial charge is 0.244 e. The molecule has 0 saturated heterocycles. The van der Waals surface area contributed by atoms with E-state index in [1.54, 1.807) is 49.4 Å². The van der Waals surface area contributed by atoms with E-state index in [0.29, 0.717) is 27.7 Å². The van der Waals surface area contributed by atoms with Crippen molar-refractivity contribution in [3.8, 4) is 0 Å². The molecule has 0 aliphatic heterocycles. The van der Waals surface area contributed by atoms with E-state index in [1.165, 1.54) is 4.90 Å². The number of carbonyl (C=O) groups is 2. The van der Waals surface area contributed by atoms with Crippen LogP contribution in [0.2, 0.25) is 10.0 Å². The van der Waals surface area contributed by atoms with Crippen molar-refractivity contribution >= 4 is 73.3 Å². The summed E-state index contributed by atoms with van der Waals surface area (Å²) in [5.74, 6) is -0.905. The Hall–Kier alpha value is -1.56. The molecule has 0 saturated carbocycles. The number of hydrogen-bond donors (Lipinski definition) is 1. The molecule has 0 fully saturated rings. The molecule has 2 amide bonds. The van der Waals surface area contributed by atoms with Gasteiger partial charge >= 0.3 is 0 Å². The van der Waals surface area contributed by atoms with Gasteiger partial charge in [-0.25, -0.2) is 8.42 Å². The molecular weight excluding hydrogens is 624 g/mol. The van der Waals surface area contributed by atoms with Gasteiger partial charge < -0.3 is 10.2 Å². The Labute approximate surface area is 231 Å². The number of halogens is 3. The zero-order chi connectivity index (χ0) is 26.6. The normalized spacial score (nSPS) is 12.7. The Morgan fingerprint density at radius 1 is 1.06 bits per heavy atom. The van der Waals surface area contributed by atoms with Gasteiger partial charge in [0.15, 0.2) is 0 Å². The highest BCUT2D eigenvalue weighted by Gasteiger charge is 2.33. The SMILES string of the molecule is CC[C@H](C(=O)NC(C)(C)C)N(Cc1c(Cl)cccc1Cl)C(=O)CN(c1ccc(I)cc1)S(C)(=O)=O. The van der Waals surface area contributed by atoms with E-state index in [9.17, 15) is 18.0 Å². The van der Waals surface area contributed by atoms with Gasteiger partial charge in [-0.1, -0.05) is 36.2 Å². The van der Waals surface area contributed by atoms with Crippen molar-refractivity contribution in [2.24, 2.45) is 0 Å². The van der Waals surface area contributed by atoms with Crippen molar-refractivity contribution in [2.45, 2.75) is 52.2 Å². The first kappa shape index (κ1) is 29.7. The molecular formula is C24H30Cl2IN3O4S. The molecule has 2 rings (SSSR count).